The summed E-state index contributed by atoms with van der Waals surface area (Å²) in [7, 11) is 0. The van der Waals surface area contributed by atoms with Crippen molar-refractivity contribution in [3.63, 3.8) is 0 Å². The predicted octanol–water partition coefficient (Wildman–Crippen LogP) is 0.918. The van der Waals surface area contributed by atoms with Gasteiger partial charge in [-0.25, -0.2) is 0 Å². The Balaban J connectivity index is 1.79. The molecule has 0 radical (unpaired) electrons. The van der Waals surface area contributed by atoms with Gasteiger partial charge in [-0.1, -0.05) is 6.92 Å². The lowest BCUT2D eigenvalue weighted by Crippen LogP contribution is -2.45. The van der Waals surface area contributed by atoms with E-state index < -0.39 is 0 Å². The molecule has 0 amide bonds. The molecule has 1 saturated heterocycles. The molecule has 5 nitrogen and oxygen atoms in total. The first-order valence-electron chi connectivity index (χ1n) is 6.16. The highest BCUT2D eigenvalue weighted by Gasteiger charge is 2.18. The lowest BCUT2D eigenvalue weighted by Gasteiger charge is -2.32. The summed E-state index contributed by atoms with van der Waals surface area (Å²) in [5.41, 5.74) is 0.932. The van der Waals surface area contributed by atoms with Crippen LogP contribution in [-0.4, -0.2) is 54.0 Å². The van der Waals surface area contributed by atoms with Crippen LogP contribution in [0, 0.1) is 6.92 Å². The van der Waals surface area contributed by atoms with Crippen LogP contribution in [0.15, 0.2) is 12.1 Å². The number of anilines is 1. The van der Waals surface area contributed by atoms with Crippen LogP contribution in [0.25, 0.3) is 0 Å². The summed E-state index contributed by atoms with van der Waals surface area (Å²) >= 11 is 0. The second-order valence-electron chi connectivity index (χ2n) is 4.33. The van der Waals surface area contributed by atoms with Gasteiger partial charge in [-0.2, -0.15) is 5.10 Å². The fraction of sp³-hybridized carbons (Fsp3) is 0.667. The molecule has 1 aromatic rings. The number of morpholine rings is 1. The first-order valence-corrected chi connectivity index (χ1v) is 6.16. The molecule has 1 unspecified atom stereocenters. The van der Waals surface area contributed by atoms with E-state index in [9.17, 15) is 0 Å². The third kappa shape index (κ3) is 3.64. The Morgan fingerprint density at radius 2 is 2.35 bits per heavy atom. The summed E-state index contributed by atoms with van der Waals surface area (Å²) < 4.78 is 5.70. The zero-order valence-electron chi connectivity index (χ0n) is 10.5. The van der Waals surface area contributed by atoms with Crippen molar-refractivity contribution in [3.05, 3.63) is 17.8 Å². The largest absolute Gasteiger partial charge is 0.374 e. The third-order valence-electron chi connectivity index (χ3n) is 2.98. The van der Waals surface area contributed by atoms with E-state index in [4.69, 9.17) is 4.74 Å². The fourth-order valence-corrected chi connectivity index (χ4v) is 1.90. The second kappa shape index (κ2) is 5.93. The molecule has 2 rings (SSSR count). The molecule has 1 aromatic heterocycles. The molecule has 1 aliphatic rings. The molecule has 1 aliphatic heterocycles. The molecule has 0 spiro atoms. The monoisotopic (exact) mass is 236 g/mol. The first kappa shape index (κ1) is 12.3. The van der Waals surface area contributed by atoms with E-state index in [0.717, 1.165) is 44.3 Å². The zero-order valence-corrected chi connectivity index (χ0v) is 10.5. The van der Waals surface area contributed by atoms with Gasteiger partial charge in [-0.3, -0.25) is 4.90 Å². The quantitative estimate of drug-likeness (QED) is 0.842. The van der Waals surface area contributed by atoms with E-state index >= 15 is 0 Å². The van der Waals surface area contributed by atoms with Gasteiger partial charge < -0.3 is 10.1 Å². The number of nitrogens with one attached hydrogen (secondary N) is 1. The van der Waals surface area contributed by atoms with Crippen LogP contribution < -0.4 is 5.32 Å². The van der Waals surface area contributed by atoms with E-state index in [1.54, 1.807) is 0 Å². The van der Waals surface area contributed by atoms with Gasteiger partial charge in [0.05, 0.1) is 18.4 Å². The van der Waals surface area contributed by atoms with E-state index in [1.807, 2.05) is 19.1 Å². The maximum absolute atomic E-state index is 5.70. The Bertz CT molecular complexity index is 341. The standard InChI is InChI=1S/C12H20N4O/c1-3-16-6-7-17-11(9-16)8-13-12-5-4-10(2)14-15-12/h4-5,11H,3,6-9H2,1-2H3,(H,13,15). The van der Waals surface area contributed by atoms with Gasteiger partial charge >= 0.3 is 0 Å². The molecular formula is C12H20N4O. The molecule has 94 valence electrons. The van der Waals surface area contributed by atoms with Crippen molar-refractivity contribution >= 4 is 5.82 Å². The minimum absolute atomic E-state index is 0.242. The van der Waals surface area contributed by atoms with Crippen LogP contribution >= 0.6 is 0 Å². The SMILES string of the molecule is CCN1CCOC(CNc2ccc(C)nn2)C1. The summed E-state index contributed by atoms with van der Waals surface area (Å²) in [6.45, 7) is 8.83. The summed E-state index contributed by atoms with van der Waals surface area (Å²) in [6, 6.07) is 3.90. The highest BCUT2D eigenvalue weighted by Crippen LogP contribution is 2.07. The topological polar surface area (TPSA) is 50.3 Å². The second-order valence-corrected chi connectivity index (χ2v) is 4.33. The molecule has 0 aliphatic carbocycles. The Morgan fingerprint density at radius 1 is 1.47 bits per heavy atom. The van der Waals surface area contributed by atoms with Crippen LogP contribution in [0.2, 0.25) is 0 Å². The maximum Gasteiger partial charge on any atom is 0.148 e. The molecule has 5 heteroatoms. The van der Waals surface area contributed by atoms with Crippen LogP contribution in [0.5, 0.6) is 0 Å². The minimum Gasteiger partial charge on any atom is -0.374 e. The van der Waals surface area contributed by atoms with Gasteiger partial charge in [0.25, 0.3) is 0 Å². The average molecular weight is 236 g/mol. The average Bonchev–Trinajstić information content (AvgIpc) is 2.38. The number of aromatic nitrogens is 2. The minimum atomic E-state index is 0.242. The Morgan fingerprint density at radius 3 is 3.06 bits per heavy atom. The van der Waals surface area contributed by atoms with Crippen molar-refractivity contribution in [2.75, 3.05) is 38.1 Å². The molecule has 1 atom stereocenters. The Hall–Kier alpha value is -1.20. The van der Waals surface area contributed by atoms with Gasteiger partial charge in [0.15, 0.2) is 0 Å². The van der Waals surface area contributed by atoms with Gasteiger partial charge in [-0.15, -0.1) is 5.10 Å². The van der Waals surface area contributed by atoms with Crippen molar-refractivity contribution in [1.82, 2.24) is 15.1 Å². The van der Waals surface area contributed by atoms with E-state index in [-0.39, 0.29) is 6.10 Å². The van der Waals surface area contributed by atoms with E-state index in [0.29, 0.717) is 0 Å². The highest BCUT2D eigenvalue weighted by molar-refractivity contribution is 5.32. The Labute approximate surface area is 102 Å². The normalized spacial score (nSPS) is 21.4. The fourth-order valence-electron chi connectivity index (χ4n) is 1.90. The van der Waals surface area contributed by atoms with Crippen molar-refractivity contribution < 1.29 is 4.74 Å². The van der Waals surface area contributed by atoms with Crippen LogP contribution in [-0.2, 0) is 4.74 Å². The molecule has 1 fully saturated rings. The van der Waals surface area contributed by atoms with Crippen molar-refractivity contribution in [2.24, 2.45) is 0 Å². The lowest BCUT2D eigenvalue weighted by molar-refractivity contribution is -0.0192. The first-order chi connectivity index (χ1) is 8.28. The number of aryl methyl sites for hydroxylation is 1. The molecule has 0 aromatic carbocycles. The lowest BCUT2D eigenvalue weighted by atomic mass is 10.2. The number of hydrogen-bond donors (Lipinski definition) is 1. The molecule has 1 N–H and O–H groups in total. The molecular weight excluding hydrogens is 216 g/mol. The van der Waals surface area contributed by atoms with Gasteiger partial charge in [0.1, 0.15) is 5.82 Å². The van der Waals surface area contributed by atoms with Gasteiger partial charge in [0.2, 0.25) is 0 Å². The molecule has 0 saturated carbocycles. The van der Waals surface area contributed by atoms with E-state index in [2.05, 4.69) is 27.3 Å². The van der Waals surface area contributed by atoms with Crippen molar-refractivity contribution in [1.29, 1.82) is 0 Å². The zero-order chi connectivity index (χ0) is 12.1. The van der Waals surface area contributed by atoms with Crippen molar-refractivity contribution in [3.8, 4) is 0 Å². The number of rotatable bonds is 4. The van der Waals surface area contributed by atoms with Crippen molar-refractivity contribution in [2.45, 2.75) is 20.0 Å². The molecule has 17 heavy (non-hydrogen) atoms. The predicted molar refractivity (Wildman–Crippen MR) is 67.1 cm³/mol. The smallest absolute Gasteiger partial charge is 0.148 e. The van der Waals surface area contributed by atoms with Crippen LogP contribution in [0.3, 0.4) is 0 Å². The number of nitrogens with zero attached hydrogens (tertiary/aromatic N) is 3. The number of hydrogen-bond acceptors (Lipinski definition) is 5. The van der Waals surface area contributed by atoms with Gasteiger partial charge in [0, 0.05) is 19.6 Å². The van der Waals surface area contributed by atoms with Gasteiger partial charge in [-0.05, 0) is 25.6 Å². The Kier molecular flexibility index (Phi) is 4.28. The molecule has 2 heterocycles. The van der Waals surface area contributed by atoms with Crippen LogP contribution in [0.1, 0.15) is 12.6 Å². The summed E-state index contributed by atoms with van der Waals surface area (Å²) in [4.78, 5) is 2.40. The van der Waals surface area contributed by atoms with E-state index in [1.165, 1.54) is 0 Å². The summed E-state index contributed by atoms with van der Waals surface area (Å²) in [5, 5.41) is 11.3. The number of likely N-dealkylation sites (N-methyl/N-ethyl adjacent to an activating group) is 1. The number of ether oxygens (including phenoxy) is 1. The maximum atomic E-state index is 5.70. The van der Waals surface area contributed by atoms with Crippen LogP contribution in [0.4, 0.5) is 5.82 Å². The third-order valence-corrected chi connectivity index (χ3v) is 2.98. The highest BCUT2D eigenvalue weighted by atomic mass is 16.5. The molecule has 0 bridgehead atoms. The summed E-state index contributed by atoms with van der Waals surface area (Å²) in [5.74, 6) is 0.813. The summed E-state index contributed by atoms with van der Waals surface area (Å²) in [6.07, 6.45) is 0.242.